The first kappa shape index (κ1) is 13.6. The van der Waals surface area contributed by atoms with Gasteiger partial charge in [0, 0.05) is 0 Å². The van der Waals surface area contributed by atoms with Gasteiger partial charge < -0.3 is 9.57 Å². The molecule has 0 saturated carbocycles. The number of hydrogen-bond acceptors (Lipinski definition) is 6. The van der Waals surface area contributed by atoms with Crippen LogP contribution in [0.25, 0.3) is 11.0 Å². The standard InChI is InChI=1S/C15H10N4O3/c1-21-15(20)10-6-7-14(11(8-10)9-16)22-19-13-5-3-2-4-12(13)17-18-19/h2-8H,1H3. The fourth-order valence-corrected chi connectivity index (χ4v) is 1.95. The highest BCUT2D eigenvalue weighted by molar-refractivity contribution is 5.90. The van der Waals surface area contributed by atoms with Crippen LogP contribution in [0.4, 0.5) is 0 Å². The number of fused-ring (bicyclic) bond motifs is 1. The van der Waals surface area contributed by atoms with Gasteiger partial charge in [0.15, 0.2) is 5.75 Å². The molecule has 0 unspecified atom stereocenters. The third-order valence-electron chi connectivity index (χ3n) is 3.03. The number of carbonyl (C=O) groups excluding carboxylic acids is 1. The average molecular weight is 294 g/mol. The molecular weight excluding hydrogens is 284 g/mol. The van der Waals surface area contributed by atoms with E-state index in [0.717, 1.165) is 0 Å². The first-order valence-electron chi connectivity index (χ1n) is 6.34. The molecule has 0 spiro atoms. The molecule has 2 aromatic carbocycles. The summed E-state index contributed by atoms with van der Waals surface area (Å²) in [6.45, 7) is 0. The number of aromatic nitrogens is 3. The van der Waals surface area contributed by atoms with Crippen LogP contribution in [0.15, 0.2) is 42.5 Å². The summed E-state index contributed by atoms with van der Waals surface area (Å²) >= 11 is 0. The van der Waals surface area contributed by atoms with Gasteiger partial charge in [-0.3, -0.25) is 0 Å². The Morgan fingerprint density at radius 1 is 1.27 bits per heavy atom. The molecule has 0 aliphatic carbocycles. The number of esters is 1. The van der Waals surface area contributed by atoms with Gasteiger partial charge in [0.25, 0.3) is 0 Å². The summed E-state index contributed by atoms with van der Waals surface area (Å²) in [6.07, 6.45) is 0. The van der Waals surface area contributed by atoms with Gasteiger partial charge in [-0.1, -0.05) is 17.0 Å². The predicted molar refractivity (Wildman–Crippen MR) is 76.1 cm³/mol. The fraction of sp³-hybridized carbons (Fsp3) is 0.0667. The highest BCUT2D eigenvalue weighted by Gasteiger charge is 2.13. The zero-order chi connectivity index (χ0) is 15.5. The fourth-order valence-electron chi connectivity index (χ4n) is 1.95. The number of ether oxygens (including phenoxy) is 1. The summed E-state index contributed by atoms with van der Waals surface area (Å²) in [5, 5.41) is 17.1. The Bertz CT molecular complexity index is 895. The normalized spacial score (nSPS) is 10.2. The summed E-state index contributed by atoms with van der Waals surface area (Å²) in [5.41, 5.74) is 1.81. The molecule has 0 N–H and O–H groups in total. The van der Waals surface area contributed by atoms with Gasteiger partial charge in [-0.25, -0.2) is 4.79 Å². The molecule has 0 atom stereocenters. The Balaban J connectivity index is 1.99. The lowest BCUT2D eigenvalue weighted by Crippen LogP contribution is -2.09. The molecule has 7 heteroatoms. The van der Waals surface area contributed by atoms with Crippen molar-refractivity contribution in [1.82, 2.24) is 15.2 Å². The number of benzene rings is 2. The highest BCUT2D eigenvalue weighted by Crippen LogP contribution is 2.21. The van der Waals surface area contributed by atoms with Crippen LogP contribution in [-0.2, 0) is 4.74 Å². The van der Waals surface area contributed by atoms with Crippen LogP contribution in [0.1, 0.15) is 15.9 Å². The highest BCUT2D eigenvalue weighted by atomic mass is 16.7. The van der Waals surface area contributed by atoms with E-state index >= 15 is 0 Å². The van der Waals surface area contributed by atoms with E-state index in [4.69, 9.17) is 4.84 Å². The van der Waals surface area contributed by atoms with Crippen LogP contribution in [0.3, 0.4) is 0 Å². The van der Waals surface area contributed by atoms with Crippen LogP contribution in [0, 0.1) is 11.3 Å². The van der Waals surface area contributed by atoms with Crippen molar-refractivity contribution in [2.24, 2.45) is 0 Å². The van der Waals surface area contributed by atoms with E-state index in [-0.39, 0.29) is 16.9 Å². The number of nitriles is 1. The Labute approximate surface area is 125 Å². The summed E-state index contributed by atoms with van der Waals surface area (Å²) in [5.74, 6) is -0.250. The van der Waals surface area contributed by atoms with Gasteiger partial charge in [0.1, 0.15) is 17.1 Å². The Kier molecular flexibility index (Phi) is 3.42. The van der Waals surface area contributed by atoms with E-state index in [0.29, 0.717) is 11.0 Å². The largest absolute Gasteiger partial charge is 0.465 e. The predicted octanol–water partition coefficient (Wildman–Crippen LogP) is 1.93. The van der Waals surface area contributed by atoms with Crippen molar-refractivity contribution in [2.45, 2.75) is 0 Å². The van der Waals surface area contributed by atoms with Gasteiger partial charge in [-0.05, 0) is 35.5 Å². The SMILES string of the molecule is COC(=O)c1ccc(On2nnc3ccccc32)c(C#N)c1. The zero-order valence-electron chi connectivity index (χ0n) is 11.6. The molecule has 0 fully saturated rings. The summed E-state index contributed by atoms with van der Waals surface area (Å²) in [7, 11) is 1.28. The first-order chi connectivity index (χ1) is 10.7. The average Bonchev–Trinajstić information content (AvgIpc) is 2.97. The minimum atomic E-state index is -0.519. The minimum Gasteiger partial charge on any atom is -0.465 e. The second kappa shape index (κ2) is 5.54. The molecule has 0 saturated heterocycles. The summed E-state index contributed by atoms with van der Waals surface area (Å²) < 4.78 is 4.62. The summed E-state index contributed by atoms with van der Waals surface area (Å²) in [4.78, 5) is 18.3. The molecule has 7 nitrogen and oxygen atoms in total. The molecule has 3 aromatic rings. The van der Waals surface area contributed by atoms with Crippen molar-refractivity contribution in [3.8, 4) is 11.8 Å². The third-order valence-corrected chi connectivity index (χ3v) is 3.03. The van der Waals surface area contributed by atoms with E-state index in [1.807, 2.05) is 18.2 Å². The third kappa shape index (κ3) is 2.33. The van der Waals surface area contributed by atoms with Crippen LogP contribution < -0.4 is 4.84 Å². The quantitative estimate of drug-likeness (QED) is 0.686. The molecular formula is C15H10N4O3. The Hall–Kier alpha value is -3.40. The molecule has 22 heavy (non-hydrogen) atoms. The zero-order valence-corrected chi connectivity index (χ0v) is 11.6. The number of carbonyl (C=O) groups is 1. The number of hydrogen-bond donors (Lipinski definition) is 0. The lowest BCUT2D eigenvalue weighted by molar-refractivity contribution is 0.0600. The van der Waals surface area contributed by atoms with Crippen molar-refractivity contribution in [3.63, 3.8) is 0 Å². The second-order valence-electron chi connectivity index (χ2n) is 4.36. The van der Waals surface area contributed by atoms with Crippen LogP contribution in [-0.4, -0.2) is 28.2 Å². The van der Waals surface area contributed by atoms with Gasteiger partial charge in [0.2, 0.25) is 0 Å². The molecule has 0 bridgehead atoms. The van der Waals surface area contributed by atoms with Crippen LogP contribution in [0.5, 0.6) is 5.75 Å². The molecule has 3 rings (SSSR count). The number of rotatable bonds is 3. The topological polar surface area (TPSA) is 90.0 Å². The minimum absolute atomic E-state index is 0.197. The molecule has 1 heterocycles. The Morgan fingerprint density at radius 3 is 2.86 bits per heavy atom. The Morgan fingerprint density at radius 2 is 2.09 bits per heavy atom. The van der Waals surface area contributed by atoms with E-state index in [1.54, 1.807) is 12.1 Å². The maximum Gasteiger partial charge on any atom is 0.337 e. The lowest BCUT2D eigenvalue weighted by atomic mass is 10.1. The van der Waals surface area contributed by atoms with Gasteiger partial charge >= 0.3 is 5.97 Å². The smallest absolute Gasteiger partial charge is 0.337 e. The molecule has 1 aromatic heterocycles. The van der Waals surface area contributed by atoms with E-state index in [2.05, 4.69) is 15.0 Å². The maximum absolute atomic E-state index is 11.5. The molecule has 0 aliphatic rings. The number of methoxy groups -OCH3 is 1. The number of para-hydroxylation sites is 1. The van der Waals surface area contributed by atoms with Gasteiger partial charge in [-0.2, -0.15) is 5.26 Å². The van der Waals surface area contributed by atoms with Crippen molar-refractivity contribution in [3.05, 3.63) is 53.6 Å². The molecule has 108 valence electrons. The van der Waals surface area contributed by atoms with Crippen molar-refractivity contribution >= 4 is 17.0 Å². The van der Waals surface area contributed by atoms with E-state index < -0.39 is 5.97 Å². The van der Waals surface area contributed by atoms with E-state index in [1.165, 1.54) is 30.2 Å². The summed E-state index contributed by atoms with van der Waals surface area (Å²) in [6, 6.07) is 13.7. The van der Waals surface area contributed by atoms with Crippen molar-refractivity contribution in [2.75, 3.05) is 7.11 Å². The van der Waals surface area contributed by atoms with Gasteiger partial charge in [-0.15, -0.1) is 5.10 Å². The van der Waals surface area contributed by atoms with Crippen LogP contribution in [0.2, 0.25) is 0 Å². The molecule has 0 aliphatic heterocycles. The van der Waals surface area contributed by atoms with Crippen molar-refractivity contribution in [1.29, 1.82) is 5.26 Å². The molecule has 0 radical (unpaired) electrons. The first-order valence-corrected chi connectivity index (χ1v) is 6.34. The second-order valence-corrected chi connectivity index (χ2v) is 4.36. The molecule has 0 amide bonds. The van der Waals surface area contributed by atoms with Gasteiger partial charge in [0.05, 0.1) is 18.2 Å². The maximum atomic E-state index is 11.5. The van der Waals surface area contributed by atoms with E-state index in [9.17, 15) is 10.1 Å². The monoisotopic (exact) mass is 294 g/mol. The van der Waals surface area contributed by atoms with Crippen LogP contribution >= 0.6 is 0 Å². The number of nitrogens with zero attached hydrogens (tertiary/aromatic N) is 4. The lowest BCUT2D eigenvalue weighted by Gasteiger charge is -2.07. The van der Waals surface area contributed by atoms with Crippen molar-refractivity contribution < 1.29 is 14.4 Å².